The minimum atomic E-state index is 0. The van der Waals surface area contributed by atoms with Gasteiger partial charge >= 0.3 is 0 Å². The summed E-state index contributed by atoms with van der Waals surface area (Å²) in [5, 5.41) is 13.7. The fourth-order valence-electron chi connectivity index (χ4n) is 3.02. The van der Waals surface area contributed by atoms with Gasteiger partial charge < -0.3 is 20.5 Å². The molecule has 30 heavy (non-hydrogen) atoms. The lowest BCUT2D eigenvalue weighted by atomic mass is 10.1. The van der Waals surface area contributed by atoms with Crippen LogP contribution in [0.1, 0.15) is 63.1 Å². The van der Waals surface area contributed by atoms with Crippen molar-refractivity contribution in [3.63, 3.8) is 0 Å². The maximum atomic E-state index is 11.8. The summed E-state index contributed by atoms with van der Waals surface area (Å²) in [7, 11) is 0. The number of anilines is 1. The van der Waals surface area contributed by atoms with Crippen molar-refractivity contribution in [1.82, 2.24) is 15.8 Å². The van der Waals surface area contributed by atoms with Crippen LogP contribution in [-0.2, 0) is 30.7 Å². The van der Waals surface area contributed by atoms with Gasteiger partial charge in [0.2, 0.25) is 5.91 Å². The van der Waals surface area contributed by atoms with Gasteiger partial charge in [0.15, 0.2) is 5.96 Å². The zero-order chi connectivity index (χ0) is 21.1. The summed E-state index contributed by atoms with van der Waals surface area (Å²) in [4.78, 5) is 16.5. The van der Waals surface area contributed by atoms with Crippen LogP contribution < -0.4 is 16.0 Å². The fourth-order valence-corrected chi connectivity index (χ4v) is 3.02. The highest BCUT2D eigenvalue weighted by molar-refractivity contribution is 14.0. The van der Waals surface area contributed by atoms with E-state index in [1.165, 1.54) is 0 Å². The predicted molar refractivity (Wildman–Crippen MR) is 132 cm³/mol. The quantitative estimate of drug-likeness (QED) is 0.242. The number of amides is 1. The van der Waals surface area contributed by atoms with Gasteiger partial charge in [-0.2, -0.15) is 0 Å². The van der Waals surface area contributed by atoms with E-state index in [1.54, 1.807) is 0 Å². The molecule has 2 rings (SSSR count). The Morgan fingerprint density at radius 3 is 2.60 bits per heavy atom. The highest BCUT2D eigenvalue weighted by Gasteiger charge is 2.13. The zero-order valence-electron chi connectivity index (χ0n) is 18.4. The molecule has 0 saturated carbocycles. The molecule has 3 N–H and O–H groups in total. The van der Waals surface area contributed by atoms with Gasteiger partial charge in [0.25, 0.3) is 0 Å². The molecule has 1 aromatic carbocycles. The van der Waals surface area contributed by atoms with Crippen LogP contribution in [0.25, 0.3) is 0 Å². The van der Waals surface area contributed by atoms with Gasteiger partial charge in [-0.3, -0.25) is 4.79 Å². The van der Waals surface area contributed by atoms with Crippen molar-refractivity contribution in [2.45, 2.75) is 66.5 Å². The van der Waals surface area contributed by atoms with E-state index < -0.39 is 0 Å². The molecule has 0 aliphatic rings. The maximum Gasteiger partial charge on any atom is 0.224 e. The average Bonchev–Trinajstić information content (AvgIpc) is 3.12. The lowest BCUT2D eigenvalue weighted by molar-refractivity contribution is -0.116. The third kappa shape index (κ3) is 7.97. The molecule has 0 saturated heterocycles. The second kappa shape index (κ2) is 14.0. The first-order valence-electron chi connectivity index (χ1n) is 10.5. The Bertz CT molecular complexity index is 798. The van der Waals surface area contributed by atoms with Crippen LogP contribution in [0.5, 0.6) is 0 Å². The summed E-state index contributed by atoms with van der Waals surface area (Å²) < 4.78 is 5.43. The number of rotatable bonds is 10. The monoisotopic (exact) mass is 527 g/mol. The minimum absolute atomic E-state index is 0. The highest BCUT2D eigenvalue weighted by Crippen LogP contribution is 2.16. The Hall–Kier alpha value is -2.10. The van der Waals surface area contributed by atoms with Crippen LogP contribution in [0.2, 0.25) is 0 Å². The van der Waals surface area contributed by atoms with Crippen molar-refractivity contribution in [2.75, 3.05) is 11.9 Å². The van der Waals surface area contributed by atoms with E-state index in [-0.39, 0.29) is 29.9 Å². The highest BCUT2D eigenvalue weighted by atomic mass is 127. The Morgan fingerprint density at radius 2 is 1.93 bits per heavy atom. The Balaban J connectivity index is 0.00000450. The molecule has 1 aromatic heterocycles. The molecule has 1 amide bonds. The van der Waals surface area contributed by atoms with Crippen LogP contribution in [0, 0.1) is 0 Å². The summed E-state index contributed by atoms with van der Waals surface area (Å²) >= 11 is 0. The first-order chi connectivity index (χ1) is 14.1. The van der Waals surface area contributed by atoms with E-state index >= 15 is 0 Å². The summed E-state index contributed by atoms with van der Waals surface area (Å²) in [5.41, 5.74) is 3.94. The number of aliphatic imine (C=N–C) groups is 1. The molecule has 0 bridgehead atoms. The Labute approximate surface area is 196 Å². The van der Waals surface area contributed by atoms with Gasteiger partial charge in [-0.05, 0) is 37.5 Å². The smallest absolute Gasteiger partial charge is 0.224 e. The normalized spacial score (nSPS) is 11.0. The van der Waals surface area contributed by atoms with Gasteiger partial charge in [0.1, 0.15) is 5.76 Å². The molecule has 1 heterocycles. The second-order valence-electron chi connectivity index (χ2n) is 6.79. The minimum Gasteiger partial charge on any atom is -0.361 e. The average molecular weight is 527 g/mol. The first-order valence-corrected chi connectivity index (χ1v) is 10.5. The first kappa shape index (κ1) is 25.9. The van der Waals surface area contributed by atoms with Crippen LogP contribution in [-0.4, -0.2) is 23.6 Å². The van der Waals surface area contributed by atoms with Crippen LogP contribution in [0.4, 0.5) is 5.69 Å². The van der Waals surface area contributed by atoms with Crippen molar-refractivity contribution < 1.29 is 9.32 Å². The van der Waals surface area contributed by atoms with Crippen molar-refractivity contribution in [3.05, 3.63) is 46.8 Å². The number of hydrogen-bond acceptors (Lipinski definition) is 4. The molecule has 8 heteroatoms. The molecular formula is C22H34IN5O2. The fraction of sp³-hybridized carbons (Fsp3) is 0.500. The molecule has 0 spiro atoms. The van der Waals surface area contributed by atoms with Gasteiger partial charge in [0, 0.05) is 37.2 Å². The maximum absolute atomic E-state index is 11.8. The number of nitrogens with one attached hydrogen (secondary N) is 3. The molecule has 0 aliphatic carbocycles. The third-order valence-corrected chi connectivity index (χ3v) is 4.49. The van der Waals surface area contributed by atoms with E-state index in [4.69, 9.17) is 4.52 Å². The molecule has 0 aliphatic heterocycles. The number of guanidine groups is 1. The number of aromatic nitrogens is 1. The van der Waals surface area contributed by atoms with Crippen LogP contribution in [0.15, 0.2) is 33.8 Å². The van der Waals surface area contributed by atoms with E-state index in [1.807, 2.05) is 38.1 Å². The molecule has 7 nitrogen and oxygen atoms in total. The number of carbonyl (C=O) groups is 1. The van der Waals surface area contributed by atoms with Crippen LogP contribution in [0.3, 0.4) is 0 Å². The van der Waals surface area contributed by atoms with Crippen molar-refractivity contribution >= 4 is 41.5 Å². The molecular weight excluding hydrogens is 493 g/mol. The molecule has 0 unspecified atom stereocenters. The molecule has 0 radical (unpaired) electrons. The lowest BCUT2D eigenvalue weighted by Crippen LogP contribution is -2.37. The summed E-state index contributed by atoms with van der Waals surface area (Å²) in [5.74, 6) is 1.69. The predicted octanol–water partition coefficient (Wildman–Crippen LogP) is 4.41. The summed E-state index contributed by atoms with van der Waals surface area (Å²) in [6.45, 7) is 10.1. The summed E-state index contributed by atoms with van der Waals surface area (Å²) in [6.07, 6.45) is 3.01. The van der Waals surface area contributed by atoms with E-state index in [0.717, 1.165) is 60.0 Å². The number of aryl methyl sites for hydroxylation is 2. The van der Waals surface area contributed by atoms with Gasteiger partial charge in [-0.25, -0.2) is 4.99 Å². The SMILES string of the molecule is CCCC(=O)Nc1cccc(CN=C(NCC)NCc2c(CC)noc2CC)c1.I. The molecule has 0 atom stereocenters. The second-order valence-corrected chi connectivity index (χ2v) is 6.79. The van der Waals surface area contributed by atoms with Crippen molar-refractivity contribution in [3.8, 4) is 0 Å². The Morgan fingerprint density at radius 1 is 1.13 bits per heavy atom. The van der Waals surface area contributed by atoms with Crippen molar-refractivity contribution in [2.24, 2.45) is 4.99 Å². The van der Waals surface area contributed by atoms with Crippen molar-refractivity contribution in [1.29, 1.82) is 0 Å². The van der Waals surface area contributed by atoms with Crippen LogP contribution >= 0.6 is 24.0 Å². The largest absolute Gasteiger partial charge is 0.361 e. The topological polar surface area (TPSA) is 91.5 Å². The lowest BCUT2D eigenvalue weighted by Gasteiger charge is -2.12. The number of carbonyl (C=O) groups excluding carboxylic acids is 1. The zero-order valence-corrected chi connectivity index (χ0v) is 20.7. The Kier molecular flexibility index (Phi) is 12.1. The summed E-state index contributed by atoms with van der Waals surface area (Å²) in [6, 6.07) is 7.80. The molecule has 0 fully saturated rings. The number of nitrogens with zero attached hydrogens (tertiary/aromatic N) is 2. The van der Waals surface area contributed by atoms with Gasteiger partial charge in [-0.15, -0.1) is 24.0 Å². The van der Waals surface area contributed by atoms with E-state index in [0.29, 0.717) is 19.5 Å². The number of hydrogen-bond donors (Lipinski definition) is 3. The number of halogens is 1. The molecule has 166 valence electrons. The van der Waals surface area contributed by atoms with E-state index in [9.17, 15) is 4.79 Å². The van der Waals surface area contributed by atoms with Gasteiger partial charge in [-0.1, -0.05) is 38.1 Å². The third-order valence-electron chi connectivity index (χ3n) is 4.49. The number of benzene rings is 1. The standard InChI is InChI=1S/C22H33N5O2.HI/c1-5-10-21(28)26-17-12-9-11-16(13-17)14-24-22(23-8-4)25-15-18-19(6-2)27-29-20(18)7-3;/h9,11-13H,5-8,10,14-15H2,1-4H3,(H,26,28)(H2,23,24,25);1H. The molecule has 2 aromatic rings. The van der Waals surface area contributed by atoms with Gasteiger partial charge in [0.05, 0.1) is 12.2 Å². The van der Waals surface area contributed by atoms with E-state index in [2.05, 4.69) is 39.9 Å².